The molecule has 3 nitrogen and oxygen atoms in total. The number of methoxy groups -OCH3 is 1. The van der Waals surface area contributed by atoms with Gasteiger partial charge in [-0.25, -0.2) is 0 Å². The highest BCUT2D eigenvalue weighted by molar-refractivity contribution is 6.31. The lowest BCUT2D eigenvalue weighted by molar-refractivity contribution is -0.139. The van der Waals surface area contributed by atoms with Crippen LogP contribution in [0.1, 0.15) is 23.6 Å². The number of hydrogen-bond donors (Lipinski definition) is 0. The summed E-state index contributed by atoms with van der Waals surface area (Å²) >= 11 is 5.98. The normalized spacial score (nSPS) is 9.62. The second-order valence-electron chi connectivity index (χ2n) is 3.28. The summed E-state index contributed by atoms with van der Waals surface area (Å²) in [6.07, 6.45) is 0.764. The quantitative estimate of drug-likeness (QED) is 0.759. The molecule has 0 aliphatic carbocycles. The van der Waals surface area contributed by atoms with Gasteiger partial charge >= 0.3 is 5.97 Å². The van der Waals surface area contributed by atoms with Crippen LogP contribution in [0.5, 0.6) is 0 Å². The molecule has 0 fully saturated rings. The van der Waals surface area contributed by atoms with Gasteiger partial charge in [-0.3, -0.25) is 4.79 Å². The molecule has 0 spiro atoms. The van der Waals surface area contributed by atoms with Gasteiger partial charge in [-0.05, 0) is 23.6 Å². The molecule has 0 bridgehead atoms. The van der Waals surface area contributed by atoms with Crippen LogP contribution >= 0.6 is 11.6 Å². The zero-order valence-corrected chi connectivity index (χ0v) is 9.97. The van der Waals surface area contributed by atoms with Gasteiger partial charge in [0.15, 0.2) is 0 Å². The molecule has 16 heavy (non-hydrogen) atoms. The first-order chi connectivity index (χ1) is 7.63. The van der Waals surface area contributed by atoms with Crippen molar-refractivity contribution in [3.63, 3.8) is 0 Å². The Kier molecular flexibility index (Phi) is 4.33. The molecule has 1 aromatic carbocycles. The van der Waals surface area contributed by atoms with Crippen molar-refractivity contribution in [3.8, 4) is 6.07 Å². The highest BCUT2D eigenvalue weighted by atomic mass is 35.5. The van der Waals surface area contributed by atoms with Crippen molar-refractivity contribution in [1.82, 2.24) is 0 Å². The Morgan fingerprint density at radius 2 is 2.25 bits per heavy atom. The van der Waals surface area contributed by atoms with Crippen LogP contribution in [0.4, 0.5) is 0 Å². The topological polar surface area (TPSA) is 50.1 Å². The van der Waals surface area contributed by atoms with Gasteiger partial charge in [0.2, 0.25) is 0 Å². The van der Waals surface area contributed by atoms with E-state index in [0.717, 1.165) is 12.0 Å². The molecule has 84 valence electrons. The Balaban J connectivity index is 3.25. The number of halogens is 1. The van der Waals surface area contributed by atoms with Crippen LogP contribution in [0.25, 0.3) is 0 Å². The van der Waals surface area contributed by atoms with E-state index in [-0.39, 0.29) is 6.42 Å². The summed E-state index contributed by atoms with van der Waals surface area (Å²) in [7, 11) is 1.31. The molecule has 1 aromatic rings. The average molecular weight is 238 g/mol. The van der Waals surface area contributed by atoms with Crippen LogP contribution in [-0.4, -0.2) is 13.1 Å². The first-order valence-corrected chi connectivity index (χ1v) is 5.29. The minimum absolute atomic E-state index is 0.0338. The first-order valence-electron chi connectivity index (χ1n) is 4.91. The summed E-state index contributed by atoms with van der Waals surface area (Å²) in [6.45, 7) is 1.95. The summed E-state index contributed by atoms with van der Waals surface area (Å²) in [5.41, 5.74) is 1.93. The summed E-state index contributed by atoms with van der Waals surface area (Å²) in [6, 6.07) is 5.61. The predicted octanol–water partition coefficient (Wildman–Crippen LogP) is 2.49. The summed E-state index contributed by atoms with van der Waals surface area (Å²) in [4.78, 5) is 11.2. The molecule has 1 rings (SSSR count). The van der Waals surface area contributed by atoms with Gasteiger partial charge in [-0.15, -0.1) is 0 Å². The van der Waals surface area contributed by atoms with E-state index in [2.05, 4.69) is 10.8 Å². The van der Waals surface area contributed by atoms with Crippen molar-refractivity contribution >= 4 is 17.6 Å². The Hall–Kier alpha value is -1.53. The Morgan fingerprint density at radius 1 is 1.56 bits per heavy atom. The van der Waals surface area contributed by atoms with Crippen molar-refractivity contribution in [2.45, 2.75) is 19.8 Å². The lowest BCUT2D eigenvalue weighted by Crippen LogP contribution is -2.08. The van der Waals surface area contributed by atoms with E-state index in [9.17, 15) is 4.79 Å². The number of benzene rings is 1. The monoisotopic (exact) mass is 237 g/mol. The Labute approximate surface area is 99.6 Å². The third-order valence-electron chi connectivity index (χ3n) is 2.38. The fourth-order valence-corrected chi connectivity index (χ4v) is 1.72. The van der Waals surface area contributed by atoms with Gasteiger partial charge in [-0.1, -0.05) is 24.6 Å². The zero-order chi connectivity index (χ0) is 12.1. The number of hydrogen-bond acceptors (Lipinski definition) is 3. The Morgan fingerprint density at radius 3 is 2.75 bits per heavy atom. The molecule has 0 aliphatic heterocycles. The summed E-state index contributed by atoms with van der Waals surface area (Å²) in [5.74, 6) is -0.397. The van der Waals surface area contributed by atoms with Crippen molar-refractivity contribution in [2.75, 3.05) is 7.11 Å². The van der Waals surface area contributed by atoms with Gasteiger partial charge < -0.3 is 4.74 Å². The molecule has 0 saturated carbocycles. The van der Waals surface area contributed by atoms with Crippen LogP contribution in [0, 0.1) is 11.3 Å². The van der Waals surface area contributed by atoms with Crippen molar-refractivity contribution < 1.29 is 9.53 Å². The molecule has 0 amide bonds. The SMILES string of the molecule is CCc1ccc(Cl)c(CC(=O)OC)c1C#N. The van der Waals surface area contributed by atoms with Crippen molar-refractivity contribution in [3.05, 3.63) is 33.8 Å². The molecule has 0 atom stereocenters. The predicted molar refractivity (Wildman–Crippen MR) is 61.3 cm³/mol. The van der Waals surface area contributed by atoms with E-state index in [4.69, 9.17) is 16.9 Å². The number of ether oxygens (including phenoxy) is 1. The van der Waals surface area contributed by atoms with Gasteiger partial charge in [0, 0.05) is 5.02 Å². The van der Waals surface area contributed by atoms with E-state index >= 15 is 0 Å². The third-order valence-corrected chi connectivity index (χ3v) is 2.74. The van der Waals surface area contributed by atoms with Crippen LogP contribution in [0.15, 0.2) is 12.1 Å². The molecule has 4 heteroatoms. The number of aryl methyl sites for hydroxylation is 1. The maximum atomic E-state index is 11.2. The zero-order valence-electron chi connectivity index (χ0n) is 9.21. The van der Waals surface area contributed by atoms with Crippen LogP contribution in [0.3, 0.4) is 0 Å². The average Bonchev–Trinajstić information content (AvgIpc) is 2.31. The summed E-state index contributed by atoms with van der Waals surface area (Å²) < 4.78 is 4.58. The molecule has 0 saturated heterocycles. The van der Waals surface area contributed by atoms with E-state index < -0.39 is 5.97 Å². The molecule has 0 N–H and O–H groups in total. The van der Waals surface area contributed by atoms with E-state index in [0.29, 0.717) is 16.1 Å². The minimum atomic E-state index is -0.397. The second kappa shape index (κ2) is 5.53. The maximum absolute atomic E-state index is 11.2. The third kappa shape index (κ3) is 2.53. The standard InChI is InChI=1S/C12H12ClNO2/c1-3-8-4-5-11(13)9(10(8)7-14)6-12(15)16-2/h4-5H,3,6H2,1-2H3. The van der Waals surface area contributed by atoms with Crippen molar-refractivity contribution in [2.24, 2.45) is 0 Å². The number of carbonyl (C=O) groups excluding carboxylic acids is 1. The lowest BCUT2D eigenvalue weighted by Gasteiger charge is -2.09. The molecule has 0 aliphatic rings. The largest absolute Gasteiger partial charge is 0.469 e. The van der Waals surface area contributed by atoms with Crippen molar-refractivity contribution in [1.29, 1.82) is 5.26 Å². The fraction of sp³-hybridized carbons (Fsp3) is 0.333. The molecular formula is C12H12ClNO2. The van der Waals surface area contributed by atoms with Crippen LogP contribution in [0.2, 0.25) is 5.02 Å². The van der Waals surface area contributed by atoms with E-state index in [1.165, 1.54) is 7.11 Å². The van der Waals surface area contributed by atoms with E-state index in [1.54, 1.807) is 6.07 Å². The number of esters is 1. The van der Waals surface area contributed by atoms with Gasteiger partial charge in [0.1, 0.15) is 0 Å². The second-order valence-corrected chi connectivity index (χ2v) is 3.69. The van der Waals surface area contributed by atoms with Crippen LogP contribution in [-0.2, 0) is 22.4 Å². The molecular weight excluding hydrogens is 226 g/mol. The van der Waals surface area contributed by atoms with Gasteiger partial charge in [0.05, 0.1) is 25.2 Å². The van der Waals surface area contributed by atoms with Gasteiger partial charge in [0.25, 0.3) is 0 Å². The molecule has 0 heterocycles. The highest BCUT2D eigenvalue weighted by Crippen LogP contribution is 2.24. The summed E-state index contributed by atoms with van der Waals surface area (Å²) in [5, 5.41) is 9.51. The van der Waals surface area contributed by atoms with Crippen LogP contribution < -0.4 is 0 Å². The maximum Gasteiger partial charge on any atom is 0.310 e. The first kappa shape index (κ1) is 12.5. The van der Waals surface area contributed by atoms with Gasteiger partial charge in [-0.2, -0.15) is 5.26 Å². The molecule has 0 aromatic heterocycles. The highest BCUT2D eigenvalue weighted by Gasteiger charge is 2.14. The minimum Gasteiger partial charge on any atom is -0.469 e. The lowest BCUT2D eigenvalue weighted by atomic mass is 9.98. The molecule has 0 unspecified atom stereocenters. The number of nitrogens with zero attached hydrogens (tertiary/aromatic N) is 1. The number of nitriles is 1. The fourth-order valence-electron chi connectivity index (χ4n) is 1.49. The van der Waals surface area contributed by atoms with E-state index in [1.807, 2.05) is 13.0 Å². The number of rotatable bonds is 3. The number of carbonyl (C=O) groups is 1. The smallest absolute Gasteiger partial charge is 0.310 e. The molecule has 0 radical (unpaired) electrons. The Bertz CT molecular complexity index is 449.